The van der Waals surface area contributed by atoms with Crippen molar-refractivity contribution < 1.29 is 5.11 Å². The molecule has 1 aromatic heterocycles. The number of aromatic nitrogens is 1. The van der Waals surface area contributed by atoms with Crippen LogP contribution in [0.2, 0.25) is 0 Å². The summed E-state index contributed by atoms with van der Waals surface area (Å²) in [7, 11) is 0. The van der Waals surface area contributed by atoms with Crippen molar-refractivity contribution in [2.75, 3.05) is 0 Å². The first-order valence-electron chi connectivity index (χ1n) is 7.28. The van der Waals surface area contributed by atoms with Gasteiger partial charge in [0.15, 0.2) is 0 Å². The number of fused-ring (bicyclic) bond motifs is 1. The Morgan fingerprint density at radius 2 is 1.71 bits per heavy atom. The number of para-hydroxylation sites is 1. The molecule has 3 rings (SSSR count). The Morgan fingerprint density at radius 3 is 2.43 bits per heavy atom. The van der Waals surface area contributed by atoms with E-state index in [0.29, 0.717) is 0 Å². The lowest BCUT2D eigenvalue weighted by Crippen LogP contribution is -2.14. The molecule has 0 bridgehead atoms. The van der Waals surface area contributed by atoms with Gasteiger partial charge in [0, 0.05) is 22.8 Å². The van der Waals surface area contributed by atoms with Gasteiger partial charge in [0.2, 0.25) is 0 Å². The van der Waals surface area contributed by atoms with Crippen LogP contribution in [0.15, 0.2) is 48.7 Å². The van der Waals surface area contributed by atoms with E-state index in [1.165, 1.54) is 16.8 Å². The summed E-state index contributed by atoms with van der Waals surface area (Å²) in [6, 6.07) is 14.7. The highest BCUT2D eigenvalue weighted by Gasteiger charge is 2.22. The van der Waals surface area contributed by atoms with E-state index in [2.05, 4.69) is 54.9 Å². The van der Waals surface area contributed by atoms with Crippen LogP contribution >= 0.6 is 0 Å². The van der Waals surface area contributed by atoms with Crippen molar-refractivity contribution in [3.8, 4) is 5.69 Å². The van der Waals surface area contributed by atoms with Crippen molar-refractivity contribution in [3.05, 3.63) is 65.4 Å². The van der Waals surface area contributed by atoms with Crippen LogP contribution in [0, 0.1) is 13.8 Å². The molecule has 2 heteroatoms. The van der Waals surface area contributed by atoms with Crippen molar-refractivity contribution in [3.63, 3.8) is 0 Å². The van der Waals surface area contributed by atoms with Crippen LogP contribution < -0.4 is 0 Å². The summed E-state index contributed by atoms with van der Waals surface area (Å²) in [6.07, 6.45) is 2.06. The summed E-state index contributed by atoms with van der Waals surface area (Å²) in [5, 5.41) is 11.6. The lowest BCUT2D eigenvalue weighted by Gasteiger charge is -2.16. The SMILES string of the molecule is Cc1ccc(C)c(-n2cc(C(C)(C)O)c3ccccc32)c1. The number of nitrogens with zero attached hydrogens (tertiary/aromatic N) is 1. The minimum atomic E-state index is -0.859. The number of rotatable bonds is 2. The Labute approximate surface area is 125 Å². The van der Waals surface area contributed by atoms with Crippen LogP contribution in [0.25, 0.3) is 16.6 Å². The highest BCUT2D eigenvalue weighted by Crippen LogP contribution is 2.32. The zero-order valence-corrected chi connectivity index (χ0v) is 13.0. The second-order valence-corrected chi connectivity index (χ2v) is 6.28. The van der Waals surface area contributed by atoms with Gasteiger partial charge in [-0.3, -0.25) is 0 Å². The Morgan fingerprint density at radius 1 is 1.00 bits per heavy atom. The minimum Gasteiger partial charge on any atom is -0.386 e. The Hall–Kier alpha value is -2.06. The number of hydrogen-bond acceptors (Lipinski definition) is 1. The first-order chi connectivity index (χ1) is 9.88. The topological polar surface area (TPSA) is 25.2 Å². The molecule has 0 radical (unpaired) electrons. The molecule has 0 atom stereocenters. The van der Waals surface area contributed by atoms with Gasteiger partial charge in [0.25, 0.3) is 0 Å². The van der Waals surface area contributed by atoms with Crippen LogP contribution in [0.5, 0.6) is 0 Å². The molecular weight excluding hydrogens is 258 g/mol. The largest absolute Gasteiger partial charge is 0.386 e. The van der Waals surface area contributed by atoms with Gasteiger partial charge in [0.05, 0.1) is 11.1 Å². The molecule has 0 aliphatic heterocycles. The average molecular weight is 279 g/mol. The standard InChI is InChI=1S/C19H21NO/c1-13-9-10-14(2)18(11-13)20-12-16(19(3,4)21)15-7-5-6-8-17(15)20/h5-12,21H,1-4H3. The molecule has 0 aliphatic rings. The van der Waals surface area contributed by atoms with Gasteiger partial charge < -0.3 is 9.67 Å². The summed E-state index contributed by atoms with van der Waals surface area (Å²) in [5.74, 6) is 0. The lowest BCUT2D eigenvalue weighted by molar-refractivity contribution is 0.0801. The zero-order valence-electron chi connectivity index (χ0n) is 13.0. The number of aliphatic hydroxyl groups is 1. The van der Waals surface area contributed by atoms with Gasteiger partial charge in [-0.15, -0.1) is 0 Å². The van der Waals surface area contributed by atoms with Crippen LogP contribution in [0.3, 0.4) is 0 Å². The second-order valence-electron chi connectivity index (χ2n) is 6.28. The predicted octanol–water partition coefficient (Wildman–Crippen LogP) is 4.47. The highest BCUT2D eigenvalue weighted by atomic mass is 16.3. The molecule has 0 fully saturated rings. The van der Waals surface area contributed by atoms with Crippen molar-refractivity contribution in [2.24, 2.45) is 0 Å². The molecule has 2 aromatic carbocycles. The Kier molecular flexibility index (Phi) is 3.14. The van der Waals surface area contributed by atoms with Crippen molar-refractivity contribution in [2.45, 2.75) is 33.3 Å². The lowest BCUT2D eigenvalue weighted by atomic mass is 9.98. The molecule has 0 amide bonds. The zero-order chi connectivity index (χ0) is 15.2. The predicted molar refractivity (Wildman–Crippen MR) is 88.0 cm³/mol. The van der Waals surface area contributed by atoms with E-state index in [9.17, 15) is 5.11 Å². The molecule has 0 spiro atoms. The first kappa shape index (κ1) is 13.9. The quantitative estimate of drug-likeness (QED) is 0.735. The van der Waals surface area contributed by atoms with Gasteiger partial charge in [-0.1, -0.05) is 30.3 Å². The summed E-state index contributed by atoms with van der Waals surface area (Å²) in [4.78, 5) is 0. The number of benzene rings is 2. The van der Waals surface area contributed by atoms with E-state index in [1.807, 2.05) is 26.0 Å². The van der Waals surface area contributed by atoms with E-state index in [0.717, 1.165) is 16.5 Å². The molecule has 21 heavy (non-hydrogen) atoms. The normalized spacial score (nSPS) is 12.0. The molecule has 1 N–H and O–H groups in total. The third-order valence-electron chi connectivity index (χ3n) is 4.00. The molecule has 0 aliphatic carbocycles. The molecule has 0 saturated carbocycles. The van der Waals surface area contributed by atoms with Crippen LogP contribution in [0.4, 0.5) is 0 Å². The van der Waals surface area contributed by atoms with Crippen molar-refractivity contribution in [1.82, 2.24) is 4.57 Å². The average Bonchev–Trinajstić information content (AvgIpc) is 2.81. The van der Waals surface area contributed by atoms with Gasteiger partial charge in [-0.05, 0) is 51.0 Å². The van der Waals surface area contributed by atoms with Gasteiger partial charge >= 0.3 is 0 Å². The molecule has 1 heterocycles. The molecule has 2 nitrogen and oxygen atoms in total. The highest BCUT2D eigenvalue weighted by molar-refractivity contribution is 5.86. The van der Waals surface area contributed by atoms with Crippen molar-refractivity contribution in [1.29, 1.82) is 0 Å². The second kappa shape index (κ2) is 4.74. The molecule has 3 aromatic rings. The van der Waals surface area contributed by atoms with Crippen molar-refractivity contribution >= 4 is 10.9 Å². The van der Waals surface area contributed by atoms with Gasteiger partial charge in [0.1, 0.15) is 0 Å². The Balaban J connectivity index is 2.36. The maximum atomic E-state index is 10.5. The first-order valence-corrected chi connectivity index (χ1v) is 7.28. The minimum absolute atomic E-state index is 0.859. The Bertz CT molecular complexity index is 806. The molecular formula is C19H21NO. The molecule has 0 unspecified atom stereocenters. The van der Waals surface area contributed by atoms with Gasteiger partial charge in [-0.2, -0.15) is 0 Å². The maximum Gasteiger partial charge on any atom is 0.0861 e. The number of hydrogen-bond donors (Lipinski definition) is 1. The van der Waals surface area contributed by atoms with E-state index in [1.54, 1.807) is 0 Å². The smallest absolute Gasteiger partial charge is 0.0861 e. The van der Waals surface area contributed by atoms with E-state index < -0.39 is 5.60 Å². The van der Waals surface area contributed by atoms with E-state index >= 15 is 0 Å². The van der Waals surface area contributed by atoms with Crippen LogP contribution in [-0.4, -0.2) is 9.67 Å². The van der Waals surface area contributed by atoms with Gasteiger partial charge in [-0.25, -0.2) is 0 Å². The summed E-state index contributed by atoms with van der Waals surface area (Å²) in [5.41, 5.74) is 4.86. The monoisotopic (exact) mass is 279 g/mol. The summed E-state index contributed by atoms with van der Waals surface area (Å²) < 4.78 is 2.19. The summed E-state index contributed by atoms with van der Waals surface area (Å²) in [6.45, 7) is 7.89. The summed E-state index contributed by atoms with van der Waals surface area (Å²) >= 11 is 0. The van der Waals surface area contributed by atoms with Crippen LogP contribution in [-0.2, 0) is 5.60 Å². The fraction of sp³-hybridized carbons (Fsp3) is 0.263. The third kappa shape index (κ3) is 2.36. The maximum absolute atomic E-state index is 10.5. The van der Waals surface area contributed by atoms with E-state index in [-0.39, 0.29) is 0 Å². The third-order valence-corrected chi connectivity index (χ3v) is 4.00. The number of aryl methyl sites for hydroxylation is 2. The van der Waals surface area contributed by atoms with E-state index in [4.69, 9.17) is 0 Å². The van der Waals surface area contributed by atoms with Crippen LogP contribution in [0.1, 0.15) is 30.5 Å². The fourth-order valence-corrected chi connectivity index (χ4v) is 2.85. The fourth-order valence-electron chi connectivity index (χ4n) is 2.85. The molecule has 108 valence electrons. The molecule has 0 saturated heterocycles.